The highest BCUT2D eigenvalue weighted by Gasteiger charge is 2.24. The van der Waals surface area contributed by atoms with Crippen LogP contribution in [0.4, 0.5) is 5.82 Å². The number of H-pyrrole nitrogens is 1. The van der Waals surface area contributed by atoms with Crippen molar-refractivity contribution < 1.29 is 0 Å². The van der Waals surface area contributed by atoms with E-state index in [9.17, 15) is 4.79 Å². The van der Waals surface area contributed by atoms with Crippen LogP contribution in [0.5, 0.6) is 0 Å². The first kappa shape index (κ1) is 14.7. The van der Waals surface area contributed by atoms with E-state index < -0.39 is 0 Å². The van der Waals surface area contributed by atoms with Crippen LogP contribution in [0.25, 0.3) is 32.6 Å². The molecule has 3 heterocycles. The van der Waals surface area contributed by atoms with Crippen molar-refractivity contribution >= 4 is 38.4 Å². The molecule has 0 unspecified atom stereocenters. The van der Waals surface area contributed by atoms with Gasteiger partial charge >= 0.3 is 0 Å². The number of benzene rings is 1. The van der Waals surface area contributed by atoms with Gasteiger partial charge in [0.2, 0.25) is 5.43 Å². The van der Waals surface area contributed by atoms with Crippen molar-refractivity contribution in [2.45, 2.75) is 25.7 Å². The first-order chi connectivity index (χ1) is 12.1. The quantitative estimate of drug-likeness (QED) is 0.551. The number of nitrogens with one attached hydrogen (secondary N) is 1. The molecule has 4 aromatic rings. The van der Waals surface area contributed by atoms with E-state index >= 15 is 0 Å². The molecule has 0 aliphatic heterocycles. The van der Waals surface area contributed by atoms with Crippen LogP contribution in [-0.4, -0.2) is 14.5 Å². The molecule has 0 fully saturated rings. The van der Waals surface area contributed by atoms with E-state index in [0.717, 1.165) is 40.5 Å². The average Bonchev–Trinajstić information content (AvgIpc) is 3.13. The second-order valence-corrected chi connectivity index (χ2v) is 7.75. The van der Waals surface area contributed by atoms with Gasteiger partial charge in [0, 0.05) is 11.9 Å². The van der Waals surface area contributed by atoms with Gasteiger partial charge in [-0.05, 0) is 43.4 Å². The standard InChI is InChI=1S/C19H18N4OS/c1-23-12-8-4-3-7-11(12)21-18(23)15-16(24)14-10-6-2-5-9-13(10)25-19(14)22-17(15)20/h3-4,7-8H,2,5-6,9H2,1H3,(H3,20,22,24). The molecule has 1 aliphatic carbocycles. The Balaban J connectivity index is 1.86. The summed E-state index contributed by atoms with van der Waals surface area (Å²) in [6.07, 6.45) is 4.37. The third-order valence-electron chi connectivity index (χ3n) is 5.15. The number of aromatic amines is 1. The number of nitrogens with zero attached hydrogens (tertiary/aromatic N) is 2. The normalized spacial score (nSPS) is 14.3. The Hall–Kier alpha value is -2.60. The fraction of sp³-hybridized carbons (Fsp3) is 0.263. The Morgan fingerprint density at radius 2 is 2.04 bits per heavy atom. The Bertz CT molecular complexity index is 1200. The lowest BCUT2D eigenvalue weighted by Gasteiger charge is -2.10. The number of nitrogens with two attached hydrogens (primary N) is 1. The van der Waals surface area contributed by atoms with Gasteiger partial charge in [0.05, 0.1) is 16.4 Å². The van der Waals surface area contributed by atoms with E-state index in [0.29, 0.717) is 17.2 Å². The molecule has 1 aliphatic rings. The van der Waals surface area contributed by atoms with Gasteiger partial charge in [-0.3, -0.25) is 4.79 Å². The number of thiophene rings is 1. The number of aromatic nitrogens is 3. The van der Waals surface area contributed by atoms with E-state index in [2.05, 4.69) is 9.97 Å². The maximum absolute atomic E-state index is 13.4. The lowest BCUT2D eigenvalue weighted by molar-refractivity contribution is 0.700. The SMILES string of the molecule is Cn1c(-c2c(N)[nH]c3sc4c(c3c2=O)CCCC4)nc2ccccc21. The summed E-state index contributed by atoms with van der Waals surface area (Å²) in [6, 6.07) is 7.88. The Morgan fingerprint density at radius 1 is 1.24 bits per heavy atom. The van der Waals surface area contributed by atoms with E-state index in [-0.39, 0.29) is 5.43 Å². The highest BCUT2D eigenvalue weighted by atomic mass is 32.1. The van der Waals surface area contributed by atoms with Crippen molar-refractivity contribution in [3.63, 3.8) is 0 Å². The third-order valence-corrected chi connectivity index (χ3v) is 6.36. The minimum atomic E-state index is 0.00376. The second-order valence-electron chi connectivity index (χ2n) is 6.64. The van der Waals surface area contributed by atoms with Crippen molar-refractivity contribution in [1.29, 1.82) is 0 Å². The Kier molecular flexibility index (Phi) is 3.06. The van der Waals surface area contributed by atoms with Crippen molar-refractivity contribution in [3.8, 4) is 11.4 Å². The summed E-state index contributed by atoms with van der Waals surface area (Å²) in [7, 11) is 1.93. The number of hydrogen-bond donors (Lipinski definition) is 2. The number of aryl methyl sites for hydroxylation is 3. The second kappa shape index (κ2) is 5.20. The fourth-order valence-corrected chi connectivity index (χ4v) is 5.22. The zero-order chi connectivity index (χ0) is 17.1. The molecule has 3 aromatic heterocycles. The predicted molar refractivity (Wildman–Crippen MR) is 103 cm³/mol. The van der Waals surface area contributed by atoms with Crippen LogP contribution in [0.2, 0.25) is 0 Å². The van der Waals surface area contributed by atoms with Crippen molar-refractivity contribution in [2.75, 3.05) is 5.73 Å². The summed E-state index contributed by atoms with van der Waals surface area (Å²) in [4.78, 5) is 23.5. The summed E-state index contributed by atoms with van der Waals surface area (Å²) >= 11 is 1.68. The molecule has 0 saturated heterocycles. The molecule has 0 spiro atoms. The summed E-state index contributed by atoms with van der Waals surface area (Å²) in [5.74, 6) is 1.02. The van der Waals surface area contributed by atoms with Crippen molar-refractivity contribution in [3.05, 3.63) is 44.9 Å². The van der Waals surface area contributed by atoms with E-state index in [4.69, 9.17) is 5.73 Å². The van der Waals surface area contributed by atoms with Gasteiger partial charge in [0.15, 0.2) is 0 Å². The lowest BCUT2D eigenvalue weighted by atomic mass is 9.96. The molecular formula is C19H18N4OS. The minimum absolute atomic E-state index is 0.00376. The van der Waals surface area contributed by atoms with Gasteiger partial charge in [-0.2, -0.15) is 0 Å². The molecule has 0 atom stereocenters. The number of nitrogen functional groups attached to an aromatic ring is 1. The first-order valence-electron chi connectivity index (χ1n) is 8.53. The van der Waals surface area contributed by atoms with Crippen LogP contribution in [-0.2, 0) is 19.9 Å². The lowest BCUT2D eigenvalue weighted by Crippen LogP contribution is -2.14. The topological polar surface area (TPSA) is 76.7 Å². The Labute approximate surface area is 148 Å². The Morgan fingerprint density at radius 3 is 2.88 bits per heavy atom. The molecule has 1 aromatic carbocycles. The monoisotopic (exact) mass is 350 g/mol. The van der Waals surface area contributed by atoms with Gasteiger partial charge in [-0.15, -0.1) is 11.3 Å². The number of fused-ring (bicyclic) bond motifs is 4. The van der Waals surface area contributed by atoms with Crippen LogP contribution < -0.4 is 11.2 Å². The maximum atomic E-state index is 13.4. The number of hydrogen-bond acceptors (Lipinski definition) is 4. The molecule has 5 rings (SSSR count). The van der Waals surface area contributed by atoms with Crippen LogP contribution in [0, 0.1) is 0 Å². The number of para-hydroxylation sites is 2. The molecule has 6 heteroatoms. The number of imidazole rings is 1. The predicted octanol–water partition coefficient (Wildman–Crippen LogP) is 3.60. The van der Waals surface area contributed by atoms with Crippen LogP contribution >= 0.6 is 11.3 Å². The van der Waals surface area contributed by atoms with E-state index in [1.54, 1.807) is 11.3 Å². The van der Waals surface area contributed by atoms with Crippen LogP contribution in [0.15, 0.2) is 29.1 Å². The van der Waals surface area contributed by atoms with Crippen molar-refractivity contribution in [1.82, 2.24) is 14.5 Å². The third kappa shape index (κ3) is 2.00. The molecule has 0 saturated carbocycles. The van der Waals surface area contributed by atoms with Crippen LogP contribution in [0.1, 0.15) is 23.3 Å². The van der Waals surface area contributed by atoms with Gasteiger partial charge in [0.25, 0.3) is 0 Å². The molecular weight excluding hydrogens is 332 g/mol. The summed E-state index contributed by atoms with van der Waals surface area (Å²) in [5.41, 5.74) is 9.83. The molecule has 0 radical (unpaired) electrons. The zero-order valence-electron chi connectivity index (χ0n) is 13.9. The van der Waals surface area contributed by atoms with E-state index in [1.165, 1.54) is 16.9 Å². The van der Waals surface area contributed by atoms with Gasteiger partial charge in [-0.25, -0.2) is 4.98 Å². The smallest absolute Gasteiger partial charge is 0.203 e. The van der Waals surface area contributed by atoms with E-state index in [1.807, 2.05) is 35.9 Å². The molecule has 25 heavy (non-hydrogen) atoms. The molecule has 0 amide bonds. The van der Waals surface area contributed by atoms with Gasteiger partial charge in [0.1, 0.15) is 22.0 Å². The largest absolute Gasteiger partial charge is 0.385 e. The molecule has 0 bridgehead atoms. The van der Waals surface area contributed by atoms with Crippen molar-refractivity contribution in [2.24, 2.45) is 7.05 Å². The molecule has 126 valence electrons. The minimum Gasteiger partial charge on any atom is -0.385 e. The maximum Gasteiger partial charge on any atom is 0.203 e. The van der Waals surface area contributed by atoms with Gasteiger partial charge < -0.3 is 15.3 Å². The number of anilines is 1. The average molecular weight is 350 g/mol. The highest BCUT2D eigenvalue weighted by molar-refractivity contribution is 7.18. The first-order valence-corrected chi connectivity index (χ1v) is 9.34. The zero-order valence-corrected chi connectivity index (χ0v) is 14.7. The summed E-state index contributed by atoms with van der Waals surface area (Å²) < 4.78 is 1.95. The fourth-order valence-electron chi connectivity index (χ4n) is 3.92. The summed E-state index contributed by atoms with van der Waals surface area (Å²) in [6.45, 7) is 0. The summed E-state index contributed by atoms with van der Waals surface area (Å²) in [5, 5.41) is 0.816. The molecule has 3 N–H and O–H groups in total. The number of rotatable bonds is 1. The molecule has 5 nitrogen and oxygen atoms in total. The number of pyridine rings is 1. The highest BCUT2D eigenvalue weighted by Crippen LogP contribution is 2.36. The van der Waals surface area contributed by atoms with Crippen LogP contribution in [0.3, 0.4) is 0 Å². The van der Waals surface area contributed by atoms with Gasteiger partial charge in [-0.1, -0.05) is 12.1 Å².